The minimum atomic E-state index is -0.856. The van der Waals surface area contributed by atoms with Gasteiger partial charge in [0.15, 0.2) is 0 Å². The van der Waals surface area contributed by atoms with E-state index in [2.05, 4.69) is 23.7 Å². The van der Waals surface area contributed by atoms with Crippen molar-refractivity contribution in [2.75, 3.05) is 24.6 Å². The molecular formula is C29H33FN2O3. The van der Waals surface area contributed by atoms with Gasteiger partial charge in [-0.25, -0.2) is 4.39 Å². The molecule has 3 aromatic rings. The van der Waals surface area contributed by atoms with E-state index in [0.29, 0.717) is 18.4 Å². The molecule has 1 aliphatic rings. The largest absolute Gasteiger partial charge is 0.493 e. The van der Waals surface area contributed by atoms with Gasteiger partial charge in [0.05, 0.1) is 18.7 Å². The fourth-order valence-corrected chi connectivity index (χ4v) is 4.62. The number of carbonyl (C=O) groups is 1. The van der Waals surface area contributed by atoms with Crippen LogP contribution in [-0.4, -0.2) is 35.8 Å². The topological polar surface area (TPSA) is 62.7 Å². The number of aromatic nitrogens is 1. The van der Waals surface area contributed by atoms with Crippen LogP contribution in [0.25, 0.3) is 11.1 Å². The average Bonchev–Trinajstić information content (AvgIpc) is 2.82. The number of pyridine rings is 1. The second kappa shape index (κ2) is 10.5. The third kappa shape index (κ3) is 6.18. The van der Waals surface area contributed by atoms with Crippen molar-refractivity contribution in [3.05, 3.63) is 77.4 Å². The molecule has 35 heavy (non-hydrogen) atoms. The highest BCUT2D eigenvalue weighted by molar-refractivity contribution is 5.85. The Bertz CT molecular complexity index is 1160. The Morgan fingerprint density at radius 1 is 1.09 bits per heavy atom. The maximum atomic E-state index is 13.1. The van der Waals surface area contributed by atoms with Crippen LogP contribution in [0, 0.1) is 18.2 Å². The second-order valence-electron chi connectivity index (χ2n) is 10.1. The first kappa shape index (κ1) is 24.7. The number of rotatable bonds is 8. The summed E-state index contributed by atoms with van der Waals surface area (Å²) in [7, 11) is 0. The summed E-state index contributed by atoms with van der Waals surface area (Å²) >= 11 is 0. The van der Waals surface area contributed by atoms with E-state index < -0.39 is 5.97 Å². The summed E-state index contributed by atoms with van der Waals surface area (Å²) in [5, 5.41) is 9.54. The molecule has 2 aromatic carbocycles. The number of piperidine rings is 1. The third-order valence-electron chi connectivity index (χ3n) is 6.81. The SMILES string of the molecule is Cc1ncc(CC(=O)O)c(N2CCC(C)(C)CC2)c1-c1ccc(OCCc2ccc(F)cc2)cc1. The van der Waals surface area contributed by atoms with E-state index in [1.54, 1.807) is 18.3 Å². The molecule has 6 heteroatoms. The molecule has 0 unspecified atom stereocenters. The van der Waals surface area contributed by atoms with Crippen molar-refractivity contribution in [2.24, 2.45) is 5.41 Å². The van der Waals surface area contributed by atoms with Crippen molar-refractivity contribution >= 4 is 11.7 Å². The van der Waals surface area contributed by atoms with E-state index in [0.717, 1.165) is 65.3 Å². The number of aryl methyl sites for hydroxylation is 1. The number of hydrogen-bond donors (Lipinski definition) is 1. The van der Waals surface area contributed by atoms with Crippen molar-refractivity contribution in [1.82, 2.24) is 4.98 Å². The van der Waals surface area contributed by atoms with Gasteiger partial charge in [-0.1, -0.05) is 38.1 Å². The van der Waals surface area contributed by atoms with E-state index in [4.69, 9.17) is 4.74 Å². The van der Waals surface area contributed by atoms with E-state index >= 15 is 0 Å². The number of anilines is 1. The number of carboxylic acid groups (broad SMARTS) is 1. The van der Waals surface area contributed by atoms with Crippen molar-refractivity contribution in [2.45, 2.75) is 46.5 Å². The van der Waals surface area contributed by atoms with Gasteiger partial charge in [-0.2, -0.15) is 0 Å². The number of carboxylic acids is 1. The lowest BCUT2D eigenvalue weighted by atomic mass is 9.82. The Labute approximate surface area is 206 Å². The molecule has 0 aliphatic carbocycles. The van der Waals surface area contributed by atoms with E-state index in [1.807, 2.05) is 31.2 Å². The number of nitrogens with zero attached hydrogens (tertiary/aromatic N) is 2. The highest BCUT2D eigenvalue weighted by Gasteiger charge is 2.29. The predicted octanol–water partition coefficient (Wildman–Crippen LogP) is 6.07. The first-order valence-electron chi connectivity index (χ1n) is 12.1. The predicted molar refractivity (Wildman–Crippen MR) is 137 cm³/mol. The number of halogens is 1. The van der Waals surface area contributed by atoms with Crippen LogP contribution in [-0.2, 0) is 17.6 Å². The fourth-order valence-electron chi connectivity index (χ4n) is 4.62. The standard InChI is InChI=1S/C29H33FN2O3/c1-20-27(22-6-10-25(11-7-22)35-17-12-21-4-8-24(30)9-5-21)28(23(19-31-20)18-26(33)34)32-15-13-29(2,3)14-16-32/h4-11,19H,12-18H2,1-3H3,(H,33,34). The van der Waals surface area contributed by atoms with Gasteiger partial charge < -0.3 is 14.7 Å². The van der Waals surface area contributed by atoms with Crippen molar-refractivity contribution in [3.8, 4) is 16.9 Å². The Morgan fingerprint density at radius 2 is 1.74 bits per heavy atom. The summed E-state index contributed by atoms with van der Waals surface area (Å²) in [6, 6.07) is 14.4. The molecule has 1 aliphatic heterocycles. The molecule has 0 bridgehead atoms. The minimum Gasteiger partial charge on any atom is -0.493 e. The molecule has 0 radical (unpaired) electrons. The number of hydrogen-bond acceptors (Lipinski definition) is 4. The zero-order valence-electron chi connectivity index (χ0n) is 20.7. The van der Waals surface area contributed by atoms with E-state index in [1.165, 1.54) is 12.1 Å². The van der Waals surface area contributed by atoms with Crippen LogP contribution < -0.4 is 9.64 Å². The van der Waals surface area contributed by atoms with Crippen LogP contribution in [0.3, 0.4) is 0 Å². The molecule has 0 amide bonds. The van der Waals surface area contributed by atoms with Gasteiger partial charge in [0.25, 0.3) is 0 Å². The first-order valence-corrected chi connectivity index (χ1v) is 12.1. The van der Waals surface area contributed by atoms with Crippen LogP contribution in [0.5, 0.6) is 5.75 Å². The number of benzene rings is 2. The number of ether oxygens (including phenoxy) is 1. The molecule has 0 saturated carbocycles. The summed E-state index contributed by atoms with van der Waals surface area (Å²) < 4.78 is 19.0. The molecule has 0 atom stereocenters. The van der Waals surface area contributed by atoms with Gasteiger partial charge >= 0.3 is 5.97 Å². The van der Waals surface area contributed by atoms with Crippen LogP contribution in [0.4, 0.5) is 10.1 Å². The van der Waals surface area contributed by atoms with Gasteiger partial charge in [0.1, 0.15) is 11.6 Å². The molecule has 5 nitrogen and oxygen atoms in total. The molecule has 1 fully saturated rings. The van der Waals surface area contributed by atoms with Crippen LogP contribution >= 0.6 is 0 Å². The van der Waals surface area contributed by atoms with Crippen LogP contribution in [0.15, 0.2) is 54.7 Å². The third-order valence-corrected chi connectivity index (χ3v) is 6.81. The van der Waals surface area contributed by atoms with E-state index in [9.17, 15) is 14.3 Å². The summed E-state index contributed by atoms with van der Waals surface area (Å²) in [5.41, 5.74) is 5.91. The summed E-state index contributed by atoms with van der Waals surface area (Å²) in [4.78, 5) is 18.5. The van der Waals surface area contributed by atoms with Gasteiger partial charge in [0, 0.05) is 42.5 Å². The highest BCUT2D eigenvalue weighted by Crippen LogP contribution is 2.40. The van der Waals surface area contributed by atoms with Gasteiger partial charge in [-0.05, 0) is 60.6 Å². The van der Waals surface area contributed by atoms with Crippen molar-refractivity contribution < 1.29 is 19.0 Å². The summed E-state index contributed by atoms with van der Waals surface area (Å²) in [5.74, 6) is -0.343. The monoisotopic (exact) mass is 476 g/mol. The quantitative estimate of drug-likeness (QED) is 0.427. The maximum Gasteiger partial charge on any atom is 0.307 e. The van der Waals surface area contributed by atoms with Gasteiger partial charge in [-0.3, -0.25) is 9.78 Å². The zero-order chi connectivity index (χ0) is 25.0. The Hall–Kier alpha value is -3.41. The second-order valence-corrected chi connectivity index (χ2v) is 10.1. The smallest absolute Gasteiger partial charge is 0.307 e. The van der Waals surface area contributed by atoms with Crippen molar-refractivity contribution in [3.63, 3.8) is 0 Å². The molecule has 2 heterocycles. The average molecular weight is 477 g/mol. The lowest BCUT2D eigenvalue weighted by Crippen LogP contribution is -2.38. The molecular weight excluding hydrogens is 443 g/mol. The molecule has 184 valence electrons. The fraction of sp³-hybridized carbons (Fsp3) is 0.379. The van der Waals surface area contributed by atoms with Crippen LogP contribution in [0.2, 0.25) is 0 Å². The zero-order valence-corrected chi connectivity index (χ0v) is 20.7. The lowest BCUT2D eigenvalue weighted by Gasteiger charge is -2.40. The summed E-state index contributed by atoms with van der Waals surface area (Å²) in [6.45, 7) is 8.83. The lowest BCUT2D eigenvalue weighted by molar-refractivity contribution is -0.136. The minimum absolute atomic E-state index is 0.0555. The van der Waals surface area contributed by atoms with Gasteiger partial charge in [0.2, 0.25) is 0 Å². The van der Waals surface area contributed by atoms with Crippen molar-refractivity contribution in [1.29, 1.82) is 0 Å². The van der Waals surface area contributed by atoms with Crippen LogP contribution in [0.1, 0.15) is 43.5 Å². The Kier molecular flexibility index (Phi) is 7.39. The molecule has 0 spiro atoms. The van der Waals surface area contributed by atoms with Gasteiger partial charge in [-0.15, -0.1) is 0 Å². The first-order chi connectivity index (χ1) is 16.7. The molecule has 1 aromatic heterocycles. The Balaban J connectivity index is 1.57. The number of aliphatic carboxylic acids is 1. The molecule has 1 saturated heterocycles. The van der Waals surface area contributed by atoms with E-state index in [-0.39, 0.29) is 12.2 Å². The molecule has 1 N–H and O–H groups in total. The summed E-state index contributed by atoms with van der Waals surface area (Å²) in [6.07, 6.45) is 4.47. The maximum absolute atomic E-state index is 13.1. The normalized spacial score (nSPS) is 15.1. The highest BCUT2D eigenvalue weighted by atomic mass is 19.1. The molecule has 4 rings (SSSR count). The Morgan fingerprint density at radius 3 is 2.37 bits per heavy atom.